The van der Waals surface area contributed by atoms with Gasteiger partial charge in [-0.2, -0.15) is 0 Å². The summed E-state index contributed by atoms with van der Waals surface area (Å²) >= 11 is 0. The van der Waals surface area contributed by atoms with Crippen molar-refractivity contribution >= 4 is 17.7 Å². The number of esters is 2. The van der Waals surface area contributed by atoms with E-state index in [9.17, 15) is 14.4 Å². The van der Waals surface area contributed by atoms with E-state index < -0.39 is 23.1 Å². The van der Waals surface area contributed by atoms with Gasteiger partial charge in [0.25, 0.3) is 5.79 Å². The number of allylic oxidation sites excluding steroid dienone is 1. The highest BCUT2D eigenvalue weighted by Gasteiger charge is 2.67. The van der Waals surface area contributed by atoms with Crippen molar-refractivity contribution in [2.45, 2.75) is 84.8 Å². The first-order valence-corrected chi connectivity index (χ1v) is 10.8. The standard InChI is InChI=1S/C23H32O5/c1-14(24)27-23(28-15(2)25)11-5-7-16-13-19(26)20-17-8-6-10-21(17,3)12-9-18(20)22(16,23)4/h13,17-18,20H,5-12H2,1-4H3/t17-,18-,20-,21-,22-/m0/s1. The molecular formula is C23H32O5. The minimum absolute atomic E-state index is 0.0372. The average molecular weight is 389 g/mol. The molecule has 0 heterocycles. The molecule has 5 nitrogen and oxygen atoms in total. The number of ether oxygens (including phenoxy) is 2. The zero-order chi connectivity index (χ0) is 20.3. The molecule has 0 N–H and O–H groups in total. The number of hydrogen-bond acceptors (Lipinski definition) is 5. The van der Waals surface area contributed by atoms with Crippen LogP contribution in [0.15, 0.2) is 11.6 Å². The first-order chi connectivity index (χ1) is 13.1. The van der Waals surface area contributed by atoms with Crippen LogP contribution in [0.5, 0.6) is 0 Å². The first kappa shape index (κ1) is 19.7. The third-order valence-electron chi connectivity index (χ3n) is 8.47. The molecule has 0 aromatic rings. The molecule has 4 rings (SSSR count). The van der Waals surface area contributed by atoms with E-state index in [0.717, 1.165) is 37.7 Å². The highest BCUT2D eigenvalue weighted by atomic mass is 16.7. The highest BCUT2D eigenvalue weighted by molar-refractivity contribution is 5.94. The predicted molar refractivity (Wildman–Crippen MR) is 103 cm³/mol. The number of carbonyl (C=O) groups excluding carboxylic acids is 3. The summed E-state index contributed by atoms with van der Waals surface area (Å²) in [4.78, 5) is 37.4. The Morgan fingerprint density at radius 1 is 0.964 bits per heavy atom. The van der Waals surface area contributed by atoms with Gasteiger partial charge in [0.2, 0.25) is 0 Å². The molecule has 5 atom stereocenters. The van der Waals surface area contributed by atoms with Gasteiger partial charge in [-0.25, -0.2) is 0 Å². The lowest BCUT2D eigenvalue weighted by molar-refractivity contribution is -0.287. The average Bonchev–Trinajstić information content (AvgIpc) is 2.97. The summed E-state index contributed by atoms with van der Waals surface area (Å²) in [5.41, 5.74) is 0.568. The lowest BCUT2D eigenvalue weighted by Crippen LogP contribution is -2.64. The van der Waals surface area contributed by atoms with Gasteiger partial charge in [-0.05, 0) is 68.8 Å². The zero-order valence-electron chi connectivity index (χ0n) is 17.5. The molecule has 28 heavy (non-hydrogen) atoms. The SMILES string of the molecule is CC(=O)OC1(OC(C)=O)CCCC2=CC(=O)[C@H]3[C@@H]4CCC[C@@]4(C)CC[C@@H]3[C@]21C. The Kier molecular flexibility index (Phi) is 4.51. The van der Waals surface area contributed by atoms with Gasteiger partial charge < -0.3 is 9.47 Å². The highest BCUT2D eigenvalue weighted by Crippen LogP contribution is 2.66. The molecule has 4 aliphatic carbocycles. The van der Waals surface area contributed by atoms with Crippen LogP contribution < -0.4 is 0 Å². The van der Waals surface area contributed by atoms with Crippen LogP contribution in [0.3, 0.4) is 0 Å². The van der Waals surface area contributed by atoms with Crippen LogP contribution in [0.2, 0.25) is 0 Å². The van der Waals surface area contributed by atoms with Gasteiger partial charge in [0, 0.05) is 26.2 Å². The summed E-state index contributed by atoms with van der Waals surface area (Å²) < 4.78 is 11.7. The molecule has 0 bridgehead atoms. The second-order valence-corrected chi connectivity index (χ2v) is 9.89. The molecule has 0 aromatic heterocycles. The van der Waals surface area contributed by atoms with Gasteiger partial charge in [0.15, 0.2) is 5.78 Å². The summed E-state index contributed by atoms with van der Waals surface area (Å²) in [6.07, 6.45) is 9.23. The molecule has 3 saturated carbocycles. The summed E-state index contributed by atoms with van der Waals surface area (Å²) in [7, 11) is 0. The largest absolute Gasteiger partial charge is 0.422 e. The van der Waals surface area contributed by atoms with Gasteiger partial charge >= 0.3 is 11.9 Å². The Balaban J connectivity index is 1.85. The zero-order valence-corrected chi connectivity index (χ0v) is 17.5. The molecule has 154 valence electrons. The molecule has 4 aliphatic rings. The molecule has 0 spiro atoms. The van der Waals surface area contributed by atoms with E-state index in [-0.39, 0.29) is 23.0 Å². The van der Waals surface area contributed by atoms with E-state index in [2.05, 4.69) is 13.8 Å². The molecule has 5 heteroatoms. The van der Waals surface area contributed by atoms with E-state index in [1.807, 2.05) is 6.08 Å². The number of hydrogen-bond donors (Lipinski definition) is 0. The van der Waals surface area contributed by atoms with Crippen molar-refractivity contribution in [2.24, 2.45) is 28.6 Å². The van der Waals surface area contributed by atoms with E-state index in [1.54, 1.807) is 0 Å². The Hall–Kier alpha value is -1.65. The minimum atomic E-state index is -1.31. The number of carbonyl (C=O) groups is 3. The lowest BCUT2D eigenvalue weighted by atomic mass is 9.46. The summed E-state index contributed by atoms with van der Waals surface area (Å²) in [5.74, 6) is -1.64. The minimum Gasteiger partial charge on any atom is -0.422 e. The molecule has 3 fully saturated rings. The van der Waals surface area contributed by atoms with E-state index in [1.165, 1.54) is 26.7 Å². The normalized spacial score (nSPS) is 41.2. The van der Waals surface area contributed by atoms with E-state index in [4.69, 9.17) is 9.47 Å². The summed E-state index contributed by atoms with van der Waals surface area (Å²) in [6.45, 7) is 7.15. The fourth-order valence-electron chi connectivity index (χ4n) is 7.26. The van der Waals surface area contributed by atoms with Gasteiger partial charge in [-0.15, -0.1) is 0 Å². The lowest BCUT2D eigenvalue weighted by Gasteiger charge is -2.60. The Morgan fingerprint density at radius 2 is 1.64 bits per heavy atom. The summed E-state index contributed by atoms with van der Waals surface area (Å²) in [5, 5.41) is 0. The molecular weight excluding hydrogens is 356 g/mol. The maximum atomic E-state index is 13.3. The first-order valence-electron chi connectivity index (χ1n) is 10.8. The van der Waals surface area contributed by atoms with Crippen LogP contribution in [0.4, 0.5) is 0 Å². The van der Waals surface area contributed by atoms with Gasteiger partial charge in [-0.3, -0.25) is 14.4 Å². The Bertz CT molecular complexity index is 736. The number of rotatable bonds is 2. The third kappa shape index (κ3) is 2.61. The van der Waals surface area contributed by atoms with Gasteiger partial charge in [0.05, 0.1) is 5.41 Å². The van der Waals surface area contributed by atoms with Crippen molar-refractivity contribution in [1.29, 1.82) is 0 Å². The summed E-state index contributed by atoms with van der Waals surface area (Å²) in [6, 6.07) is 0. The molecule has 0 saturated heterocycles. The maximum absolute atomic E-state index is 13.3. The van der Waals surface area contributed by atoms with Crippen molar-refractivity contribution in [1.82, 2.24) is 0 Å². The Labute approximate surface area is 167 Å². The smallest absolute Gasteiger partial charge is 0.305 e. The third-order valence-corrected chi connectivity index (χ3v) is 8.47. The van der Waals surface area contributed by atoms with Crippen molar-refractivity contribution in [3.05, 3.63) is 11.6 Å². The van der Waals surface area contributed by atoms with Crippen LogP contribution in [0, 0.1) is 28.6 Å². The topological polar surface area (TPSA) is 69.7 Å². The Morgan fingerprint density at radius 3 is 2.29 bits per heavy atom. The fourth-order valence-corrected chi connectivity index (χ4v) is 7.26. The molecule has 0 aliphatic heterocycles. The fraction of sp³-hybridized carbons (Fsp3) is 0.783. The van der Waals surface area contributed by atoms with Crippen molar-refractivity contribution in [3.8, 4) is 0 Å². The monoisotopic (exact) mass is 388 g/mol. The molecule has 0 amide bonds. The molecule has 0 radical (unpaired) electrons. The predicted octanol–water partition coefficient (Wildman–Crippen LogP) is 4.34. The van der Waals surface area contributed by atoms with Gasteiger partial charge in [-0.1, -0.05) is 18.9 Å². The molecule has 0 unspecified atom stereocenters. The number of ketones is 1. The van der Waals surface area contributed by atoms with Crippen LogP contribution in [0.1, 0.15) is 79.1 Å². The van der Waals surface area contributed by atoms with E-state index in [0.29, 0.717) is 12.3 Å². The number of fused-ring (bicyclic) bond motifs is 5. The van der Waals surface area contributed by atoms with E-state index >= 15 is 0 Å². The van der Waals surface area contributed by atoms with Crippen molar-refractivity contribution in [2.75, 3.05) is 0 Å². The van der Waals surface area contributed by atoms with Crippen molar-refractivity contribution in [3.63, 3.8) is 0 Å². The van der Waals surface area contributed by atoms with Crippen LogP contribution in [0.25, 0.3) is 0 Å². The van der Waals surface area contributed by atoms with Crippen LogP contribution >= 0.6 is 0 Å². The van der Waals surface area contributed by atoms with Gasteiger partial charge in [0.1, 0.15) is 0 Å². The van der Waals surface area contributed by atoms with Crippen molar-refractivity contribution < 1.29 is 23.9 Å². The maximum Gasteiger partial charge on any atom is 0.305 e. The second-order valence-electron chi connectivity index (χ2n) is 9.89. The molecule has 0 aromatic carbocycles. The second kappa shape index (κ2) is 6.43. The quantitative estimate of drug-likeness (QED) is 0.520. The van der Waals surface area contributed by atoms with Crippen LogP contribution in [-0.2, 0) is 23.9 Å². The van der Waals surface area contributed by atoms with Crippen LogP contribution in [-0.4, -0.2) is 23.5 Å².